The molecule has 6 heteroatoms. The van der Waals surface area contributed by atoms with Crippen molar-refractivity contribution in [3.63, 3.8) is 0 Å². The summed E-state index contributed by atoms with van der Waals surface area (Å²) in [6.45, 7) is 1.52. The number of methoxy groups -OCH3 is 3. The number of nitrogens with zero attached hydrogens (tertiary/aromatic N) is 2. The quantitative estimate of drug-likeness (QED) is 0.826. The molecule has 0 aromatic heterocycles. The lowest BCUT2D eigenvalue weighted by Gasteiger charge is -2.22. The Labute approximate surface area is 153 Å². The molecule has 2 aromatic carbocycles. The maximum Gasteiger partial charge on any atom is 0.240 e. The first-order chi connectivity index (χ1) is 12.6. The molecule has 1 unspecified atom stereocenters. The summed E-state index contributed by atoms with van der Waals surface area (Å²) in [5.41, 5.74) is 2.65. The van der Waals surface area contributed by atoms with E-state index < -0.39 is 0 Å². The van der Waals surface area contributed by atoms with Crippen LogP contribution in [0, 0.1) is 0 Å². The second-order valence-corrected chi connectivity index (χ2v) is 5.94. The number of para-hydroxylation sites is 1. The molecular formula is C20H22N2O4. The van der Waals surface area contributed by atoms with Crippen molar-refractivity contribution in [3.8, 4) is 17.2 Å². The molecule has 0 spiro atoms. The minimum atomic E-state index is -0.202. The van der Waals surface area contributed by atoms with Gasteiger partial charge in [0.15, 0.2) is 11.5 Å². The second-order valence-electron chi connectivity index (χ2n) is 5.94. The number of carbonyl (C=O) groups excluding carboxylic acids is 1. The maximum absolute atomic E-state index is 12.2. The molecule has 1 aliphatic rings. The molecule has 0 N–H and O–H groups in total. The number of amides is 1. The average molecular weight is 354 g/mol. The van der Waals surface area contributed by atoms with Gasteiger partial charge in [-0.1, -0.05) is 18.2 Å². The van der Waals surface area contributed by atoms with Gasteiger partial charge < -0.3 is 14.2 Å². The van der Waals surface area contributed by atoms with Crippen molar-refractivity contribution in [2.75, 3.05) is 21.3 Å². The van der Waals surface area contributed by atoms with E-state index in [4.69, 9.17) is 14.2 Å². The summed E-state index contributed by atoms with van der Waals surface area (Å²) in [7, 11) is 4.82. The molecule has 0 bridgehead atoms. The Morgan fingerprint density at radius 2 is 1.69 bits per heavy atom. The minimum absolute atomic E-state index is 0.114. The number of rotatable bonds is 5. The van der Waals surface area contributed by atoms with Crippen molar-refractivity contribution in [1.82, 2.24) is 5.01 Å². The van der Waals surface area contributed by atoms with Gasteiger partial charge in [0.2, 0.25) is 5.91 Å². The first kappa shape index (κ1) is 17.8. The highest BCUT2D eigenvalue weighted by Crippen LogP contribution is 2.38. The van der Waals surface area contributed by atoms with Crippen LogP contribution in [0.1, 0.15) is 30.5 Å². The van der Waals surface area contributed by atoms with Crippen molar-refractivity contribution in [2.45, 2.75) is 19.4 Å². The van der Waals surface area contributed by atoms with E-state index in [1.165, 1.54) is 11.9 Å². The number of hydrogen-bond donors (Lipinski definition) is 0. The molecule has 0 saturated carbocycles. The summed E-state index contributed by atoms with van der Waals surface area (Å²) in [5, 5.41) is 6.09. The Morgan fingerprint density at radius 1 is 1.00 bits per heavy atom. The Hall–Kier alpha value is -3.02. The van der Waals surface area contributed by atoms with Gasteiger partial charge in [0, 0.05) is 24.5 Å². The fraction of sp³-hybridized carbons (Fsp3) is 0.300. The van der Waals surface area contributed by atoms with Crippen molar-refractivity contribution < 1.29 is 19.0 Å². The van der Waals surface area contributed by atoms with Crippen LogP contribution in [-0.4, -0.2) is 38.0 Å². The zero-order valence-electron chi connectivity index (χ0n) is 15.4. The topological polar surface area (TPSA) is 60.4 Å². The van der Waals surface area contributed by atoms with E-state index in [1.54, 1.807) is 21.3 Å². The van der Waals surface area contributed by atoms with E-state index in [9.17, 15) is 4.79 Å². The third kappa shape index (κ3) is 3.22. The summed E-state index contributed by atoms with van der Waals surface area (Å²) in [6.07, 6.45) is 0.593. The van der Waals surface area contributed by atoms with E-state index >= 15 is 0 Å². The van der Waals surface area contributed by atoms with Gasteiger partial charge in [0.1, 0.15) is 5.75 Å². The highest BCUT2D eigenvalue weighted by atomic mass is 16.5. The van der Waals surface area contributed by atoms with Gasteiger partial charge in [-0.2, -0.15) is 5.10 Å². The molecule has 136 valence electrons. The van der Waals surface area contributed by atoms with E-state index in [0.29, 0.717) is 17.9 Å². The molecule has 1 atom stereocenters. The molecule has 0 radical (unpaired) electrons. The van der Waals surface area contributed by atoms with Crippen LogP contribution in [0.3, 0.4) is 0 Å². The van der Waals surface area contributed by atoms with Crippen LogP contribution in [0.4, 0.5) is 0 Å². The first-order valence-electron chi connectivity index (χ1n) is 8.31. The number of ether oxygens (including phenoxy) is 3. The first-order valence-corrected chi connectivity index (χ1v) is 8.31. The smallest absolute Gasteiger partial charge is 0.240 e. The number of benzene rings is 2. The molecule has 2 aromatic rings. The van der Waals surface area contributed by atoms with Crippen LogP contribution in [-0.2, 0) is 4.79 Å². The third-order valence-corrected chi connectivity index (χ3v) is 4.45. The van der Waals surface area contributed by atoms with Crippen molar-refractivity contribution in [1.29, 1.82) is 0 Å². The number of hydrazone groups is 1. The standard InChI is InChI=1S/C20H22N2O4/c1-13(23)22-17(15-7-5-6-8-18(15)24-2)12-16(21-22)14-9-10-19(25-3)20(11-14)26-4/h5-11,17H,12H2,1-4H3. The van der Waals surface area contributed by atoms with Crippen LogP contribution >= 0.6 is 0 Å². The summed E-state index contributed by atoms with van der Waals surface area (Å²) in [5.74, 6) is 1.91. The molecule has 0 fully saturated rings. The highest BCUT2D eigenvalue weighted by Gasteiger charge is 2.33. The van der Waals surface area contributed by atoms with Gasteiger partial charge in [-0.3, -0.25) is 4.79 Å². The lowest BCUT2D eigenvalue weighted by atomic mass is 9.97. The van der Waals surface area contributed by atoms with Gasteiger partial charge >= 0.3 is 0 Å². The summed E-state index contributed by atoms with van der Waals surface area (Å²) < 4.78 is 16.1. The second kappa shape index (κ2) is 7.47. The van der Waals surface area contributed by atoms with Crippen LogP contribution in [0.2, 0.25) is 0 Å². The Kier molecular flexibility index (Phi) is 5.11. The maximum atomic E-state index is 12.2. The van der Waals surface area contributed by atoms with E-state index in [0.717, 1.165) is 22.6 Å². The van der Waals surface area contributed by atoms with Crippen molar-refractivity contribution in [2.24, 2.45) is 5.10 Å². The van der Waals surface area contributed by atoms with Crippen molar-refractivity contribution in [3.05, 3.63) is 53.6 Å². The van der Waals surface area contributed by atoms with Gasteiger partial charge in [0.05, 0.1) is 33.1 Å². The SMILES string of the molecule is COc1ccc(C2=NN(C(C)=O)C(c3ccccc3OC)C2)cc1OC. The Balaban J connectivity index is 1.98. The van der Waals surface area contributed by atoms with Gasteiger partial charge in [0.25, 0.3) is 0 Å². The molecule has 3 rings (SSSR count). The summed E-state index contributed by atoms with van der Waals surface area (Å²) >= 11 is 0. The normalized spacial score (nSPS) is 16.2. The predicted molar refractivity (Wildman–Crippen MR) is 99.0 cm³/mol. The van der Waals surface area contributed by atoms with E-state index in [-0.39, 0.29) is 11.9 Å². The fourth-order valence-electron chi connectivity index (χ4n) is 3.17. The Morgan fingerprint density at radius 3 is 2.35 bits per heavy atom. The molecule has 1 aliphatic heterocycles. The predicted octanol–water partition coefficient (Wildman–Crippen LogP) is 3.41. The summed E-state index contributed by atoms with van der Waals surface area (Å²) in [6, 6.07) is 13.1. The van der Waals surface area contributed by atoms with Crippen LogP contribution < -0.4 is 14.2 Å². The average Bonchev–Trinajstić information content (AvgIpc) is 3.13. The summed E-state index contributed by atoms with van der Waals surface area (Å²) in [4.78, 5) is 12.2. The highest BCUT2D eigenvalue weighted by molar-refractivity contribution is 6.03. The number of carbonyl (C=O) groups is 1. The molecule has 1 amide bonds. The zero-order valence-corrected chi connectivity index (χ0v) is 15.4. The zero-order chi connectivity index (χ0) is 18.7. The van der Waals surface area contributed by atoms with Crippen molar-refractivity contribution >= 4 is 11.6 Å². The molecule has 0 saturated heterocycles. The van der Waals surface area contributed by atoms with Crippen LogP contribution in [0.15, 0.2) is 47.6 Å². The Bertz CT molecular complexity index is 847. The third-order valence-electron chi connectivity index (χ3n) is 4.45. The largest absolute Gasteiger partial charge is 0.496 e. The lowest BCUT2D eigenvalue weighted by Crippen LogP contribution is -2.24. The van der Waals surface area contributed by atoms with Gasteiger partial charge in [-0.05, 0) is 24.3 Å². The molecule has 6 nitrogen and oxygen atoms in total. The molecule has 26 heavy (non-hydrogen) atoms. The van der Waals surface area contributed by atoms with Gasteiger partial charge in [-0.25, -0.2) is 5.01 Å². The number of hydrogen-bond acceptors (Lipinski definition) is 5. The van der Waals surface area contributed by atoms with Crippen LogP contribution in [0.5, 0.6) is 17.2 Å². The minimum Gasteiger partial charge on any atom is -0.496 e. The monoisotopic (exact) mass is 354 g/mol. The van der Waals surface area contributed by atoms with E-state index in [2.05, 4.69) is 5.10 Å². The molecule has 0 aliphatic carbocycles. The molecule has 1 heterocycles. The van der Waals surface area contributed by atoms with Crippen LogP contribution in [0.25, 0.3) is 0 Å². The van der Waals surface area contributed by atoms with Gasteiger partial charge in [-0.15, -0.1) is 0 Å². The molecular weight excluding hydrogens is 332 g/mol. The lowest BCUT2D eigenvalue weighted by molar-refractivity contribution is -0.130. The fourth-order valence-corrected chi connectivity index (χ4v) is 3.17. The van der Waals surface area contributed by atoms with E-state index in [1.807, 2.05) is 42.5 Å².